The summed E-state index contributed by atoms with van der Waals surface area (Å²) < 4.78 is 0. The maximum absolute atomic E-state index is 4.75. The summed E-state index contributed by atoms with van der Waals surface area (Å²) in [6, 6.07) is 0. The zero-order valence-electron chi connectivity index (χ0n) is 2.68. The summed E-state index contributed by atoms with van der Waals surface area (Å²) in [5.41, 5.74) is 0. The Morgan fingerprint density at radius 1 is 1.80 bits per heavy atom. The van der Waals surface area contributed by atoms with Crippen molar-refractivity contribution in [2.45, 2.75) is 0 Å². The molecule has 0 heterocycles. The fourth-order valence-electron chi connectivity index (χ4n) is 0.0430. The first kappa shape index (κ1) is 4.65. The van der Waals surface area contributed by atoms with Gasteiger partial charge in [-0.3, -0.25) is 0 Å². The van der Waals surface area contributed by atoms with E-state index in [9.17, 15) is 0 Å². The maximum atomic E-state index is 4.75. The molecule has 0 aromatic rings. The molecule has 0 aromatic heterocycles. The largest absolute Gasteiger partial charge is 0.151 e. The van der Waals surface area contributed by atoms with Gasteiger partial charge in [0.2, 0.25) is 0 Å². The lowest BCUT2D eigenvalue weighted by Crippen LogP contribution is -1.31. The minimum Gasteiger partial charge on any atom is -0.151 e. The number of terminal acetylenes is 1. The van der Waals surface area contributed by atoms with E-state index in [4.69, 9.17) is 6.42 Å². The summed E-state index contributed by atoms with van der Waals surface area (Å²) in [4.78, 5) is 0. The van der Waals surface area contributed by atoms with Crippen LogP contribution in [0.25, 0.3) is 0 Å². The summed E-state index contributed by atoms with van der Waals surface area (Å²) in [5, 5.41) is 1.51. The fourth-order valence-corrected chi connectivity index (χ4v) is 0.129. The molecule has 0 nitrogen and oxygen atoms in total. The van der Waals surface area contributed by atoms with Gasteiger partial charge in [0.1, 0.15) is 0 Å². The average Bonchev–Trinajstić information content (AvgIpc) is 1.41. The third-order valence-electron chi connectivity index (χ3n) is 0.171. The minimum atomic E-state index is 1.51. The molecule has 0 aromatic carbocycles. The molecule has 0 N–H and O–H groups in total. The predicted molar refractivity (Wildman–Crippen MR) is 27.0 cm³/mol. The van der Waals surface area contributed by atoms with Crippen LogP contribution in [0.1, 0.15) is 0 Å². The van der Waals surface area contributed by atoms with Gasteiger partial charge < -0.3 is 0 Å². The van der Waals surface area contributed by atoms with E-state index in [2.05, 4.69) is 18.5 Å². The van der Waals surface area contributed by atoms with Gasteiger partial charge in [0.25, 0.3) is 0 Å². The van der Waals surface area contributed by atoms with Crippen molar-refractivity contribution in [1.29, 1.82) is 0 Å². The van der Waals surface area contributed by atoms with Crippen molar-refractivity contribution in [3.63, 3.8) is 0 Å². The van der Waals surface area contributed by atoms with E-state index in [1.807, 2.05) is 0 Å². The minimum absolute atomic E-state index is 1.51. The van der Waals surface area contributed by atoms with Crippen LogP contribution in [0.3, 0.4) is 0 Å². The van der Waals surface area contributed by atoms with Gasteiger partial charge in [0.05, 0.1) is 0 Å². The standard InChI is InChI=1S/C4H4S/c1-2-3-4-5/h1,3-5H/b4-3+. The zero-order valence-corrected chi connectivity index (χ0v) is 3.57. The first-order chi connectivity index (χ1) is 2.41. The molecule has 0 aliphatic heterocycles. The molecule has 0 amide bonds. The summed E-state index contributed by atoms with van der Waals surface area (Å²) in [6.07, 6.45) is 6.27. The Labute approximate surface area is 37.3 Å². The lowest BCUT2D eigenvalue weighted by atomic mass is 10.7. The molecule has 0 aliphatic rings. The van der Waals surface area contributed by atoms with E-state index in [-0.39, 0.29) is 0 Å². The Balaban J connectivity index is 3.04. The van der Waals surface area contributed by atoms with Crippen LogP contribution in [0.15, 0.2) is 11.5 Å². The third kappa shape index (κ3) is 3.65. The van der Waals surface area contributed by atoms with Crippen molar-refractivity contribution >= 4 is 12.6 Å². The van der Waals surface area contributed by atoms with Crippen LogP contribution in [0.4, 0.5) is 0 Å². The highest BCUT2D eigenvalue weighted by Gasteiger charge is 1.41. The van der Waals surface area contributed by atoms with E-state index in [1.54, 1.807) is 0 Å². The van der Waals surface area contributed by atoms with Gasteiger partial charge in [-0.2, -0.15) is 12.6 Å². The maximum Gasteiger partial charge on any atom is -0.00610 e. The molecule has 0 spiro atoms. The van der Waals surface area contributed by atoms with Crippen molar-refractivity contribution in [1.82, 2.24) is 0 Å². The molecular weight excluding hydrogens is 80.1 g/mol. The molecule has 0 aliphatic carbocycles. The Kier molecular flexibility index (Phi) is 3.39. The zero-order chi connectivity index (χ0) is 4.12. The summed E-state index contributed by atoms with van der Waals surface area (Å²) in [7, 11) is 0. The Bertz CT molecular complexity index is 66.2. The molecule has 1 heteroatoms. The predicted octanol–water partition coefficient (Wildman–Crippen LogP) is 1.06. The van der Waals surface area contributed by atoms with Gasteiger partial charge in [-0.05, 0) is 11.5 Å². The number of rotatable bonds is 0. The van der Waals surface area contributed by atoms with Crippen LogP contribution in [-0.2, 0) is 0 Å². The number of allylic oxidation sites excluding steroid dienone is 1. The second-order valence-corrected chi connectivity index (χ2v) is 0.781. The molecule has 26 valence electrons. The highest BCUT2D eigenvalue weighted by Crippen LogP contribution is 1.69. The molecule has 0 fully saturated rings. The molecule has 0 saturated heterocycles. The molecule has 0 radical (unpaired) electrons. The molecule has 0 rings (SSSR count). The van der Waals surface area contributed by atoms with E-state index in [1.165, 1.54) is 11.5 Å². The number of hydrogen-bond donors (Lipinski definition) is 1. The molecule has 0 saturated carbocycles. The number of thiol groups is 1. The third-order valence-corrected chi connectivity index (χ3v) is 0.320. The molecule has 5 heavy (non-hydrogen) atoms. The lowest BCUT2D eigenvalue weighted by molar-refractivity contribution is 2.30. The van der Waals surface area contributed by atoms with Crippen molar-refractivity contribution in [2.75, 3.05) is 0 Å². The van der Waals surface area contributed by atoms with Gasteiger partial charge >= 0.3 is 0 Å². The monoisotopic (exact) mass is 84.0 g/mol. The molecule has 0 bridgehead atoms. The Morgan fingerprint density at radius 2 is 2.40 bits per heavy atom. The van der Waals surface area contributed by atoms with Crippen LogP contribution in [0.2, 0.25) is 0 Å². The van der Waals surface area contributed by atoms with Crippen molar-refractivity contribution in [3.8, 4) is 12.3 Å². The van der Waals surface area contributed by atoms with E-state index >= 15 is 0 Å². The first-order valence-electron chi connectivity index (χ1n) is 1.17. The highest BCUT2D eigenvalue weighted by atomic mass is 32.1. The average molecular weight is 84.1 g/mol. The summed E-state index contributed by atoms with van der Waals surface area (Å²) in [6.45, 7) is 0. The first-order valence-corrected chi connectivity index (χ1v) is 1.69. The van der Waals surface area contributed by atoms with E-state index in [0.717, 1.165) is 0 Å². The van der Waals surface area contributed by atoms with Crippen LogP contribution in [0, 0.1) is 12.3 Å². The fraction of sp³-hybridized carbons (Fsp3) is 0. The van der Waals surface area contributed by atoms with Crippen LogP contribution < -0.4 is 0 Å². The van der Waals surface area contributed by atoms with Gasteiger partial charge in [-0.15, -0.1) is 6.42 Å². The van der Waals surface area contributed by atoms with Crippen molar-refractivity contribution in [3.05, 3.63) is 11.5 Å². The van der Waals surface area contributed by atoms with Crippen LogP contribution in [-0.4, -0.2) is 0 Å². The Hall–Kier alpha value is -0.350. The lowest BCUT2D eigenvalue weighted by Gasteiger charge is -1.51. The highest BCUT2D eigenvalue weighted by molar-refractivity contribution is 7.83. The van der Waals surface area contributed by atoms with Gasteiger partial charge in [-0.25, -0.2) is 0 Å². The van der Waals surface area contributed by atoms with E-state index < -0.39 is 0 Å². The second-order valence-electron chi connectivity index (χ2n) is 0.482. The molecular formula is C4H4S. The summed E-state index contributed by atoms with van der Waals surface area (Å²) >= 11 is 3.68. The Morgan fingerprint density at radius 3 is 2.40 bits per heavy atom. The van der Waals surface area contributed by atoms with Crippen LogP contribution >= 0.6 is 12.6 Å². The SMILES string of the molecule is C#C/C=C/S. The van der Waals surface area contributed by atoms with Gasteiger partial charge in [-0.1, -0.05) is 5.92 Å². The topological polar surface area (TPSA) is 0 Å². The molecule has 0 unspecified atom stereocenters. The normalized spacial score (nSPS) is 8.00. The van der Waals surface area contributed by atoms with Gasteiger partial charge in [0, 0.05) is 0 Å². The second kappa shape index (κ2) is 3.65. The van der Waals surface area contributed by atoms with Crippen LogP contribution in [0.5, 0.6) is 0 Å². The quantitative estimate of drug-likeness (QED) is 0.329. The van der Waals surface area contributed by atoms with E-state index in [0.29, 0.717) is 0 Å². The smallest absolute Gasteiger partial charge is 0.00610 e. The van der Waals surface area contributed by atoms with Crippen molar-refractivity contribution < 1.29 is 0 Å². The van der Waals surface area contributed by atoms with Crippen molar-refractivity contribution in [2.24, 2.45) is 0 Å². The van der Waals surface area contributed by atoms with Gasteiger partial charge in [0.15, 0.2) is 0 Å². The summed E-state index contributed by atoms with van der Waals surface area (Å²) in [5.74, 6) is 2.26. The molecule has 0 atom stereocenters. The number of hydrogen-bond acceptors (Lipinski definition) is 1.